The second-order valence-electron chi connectivity index (χ2n) is 4.77. The van der Waals surface area contributed by atoms with Crippen LogP contribution in [-0.4, -0.2) is 18.5 Å². The highest BCUT2D eigenvalue weighted by Crippen LogP contribution is 2.45. The summed E-state index contributed by atoms with van der Waals surface area (Å²) in [6.45, 7) is -0.0293. The Hall–Kier alpha value is -1.68. The zero-order valence-electron chi connectivity index (χ0n) is 9.93. The monoisotopic (exact) mass is 246 g/mol. The van der Waals surface area contributed by atoms with E-state index in [1.165, 1.54) is 0 Å². The molecule has 2 fully saturated rings. The molecule has 0 radical (unpaired) electrons. The van der Waals surface area contributed by atoms with E-state index in [-0.39, 0.29) is 24.5 Å². The van der Waals surface area contributed by atoms with Crippen LogP contribution in [0.2, 0.25) is 0 Å². The lowest BCUT2D eigenvalue weighted by atomic mass is 9.80. The Morgan fingerprint density at radius 1 is 1.17 bits per heavy atom. The first-order valence-electron chi connectivity index (χ1n) is 6.12. The van der Waals surface area contributed by atoms with E-state index in [4.69, 9.17) is 9.47 Å². The van der Waals surface area contributed by atoms with Crippen LogP contribution in [0, 0.1) is 5.92 Å². The molecule has 1 aromatic carbocycles. The average molecular weight is 246 g/mol. The lowest BCUT2D eigenvalue weighted by molar-refractivity contribution is -0.148. The molecule has 1 aromatic rings. The Balaban J connectivity index is 2.05. The summed E-state index contributed by atoms with van der Waals surface area (Å²) in [6.07, 6.45) is 1.60. The first kappa shape index (κ1) is 11.4. The fraction of sp³-hybridized carbons (Fsp3) is 0.429. The zero-order valence-corrected chi connectivity index (χ0v) is 9.93. The molecule has 2 aliphatic rings. The van der Waals surface area contributed by atoms with Gasteiger partial charge in [0.05, 0.1) is 0 Å². The molecule has 4 heteroatoms. The Kier molecular flexibility index (Phi) is 2.67. The Bertz CT molecular complexity index is 482. The fourth-order valence-corrected chi connectivity index (χ4v) is 2.91. The number of Topliss-reactive ketones (excluding diaryl/α,β-unsaturated/α-hetero) is 1. The molecule has 1 aliphatic carbocycles. The third kappa shape index (κ3) is 1.56. The summed E-state index contributed by atoms with van der Waals surface area (Å²) in [5, 5.41) is 0. The number of hydrogen-bond acceptors (Lipinski definition) is 4. The van der Waals surface area contributed by atoms with E-state index >= 15 is 0 Å². The van der Waals surface area contributed by atoms with Crippen LogP contribution in [0.3, 0.4) is 0 Å². The van der Waals surface area contributed by atoms with Gasteiger partial charge in [-0.3, -0.25) is 4.79 Å². The van der Waals surface area contributed by atoms with Crippen molar-refractivity contribution in [2.24, 2.45) is 5.92 Å². The molecule has 1 aliphatic heterocycles. The van der Waals surface area contributed by atoms with Gasteiger partial charge >= 0.3 is 5.97 Å². The average Bonchev–Trinajstić information content (AvgIpc) is 2.97. The van der Waals surface area contributed by atoms with Gasteiger partial charge in [0, 0.05) is 18.8 Å². The number of carbonyl (C=O) groups excluding carboxylic acids is 2. The quantitative estimate of drug-likeness (QED) is 0.746. The summed E-state index contributed by atoms with van der Waals surface area (Å²) in [7, 11) is 0. The number of carbonyl (C=O) groups is 2. The summed E-state index contributed by atoms with van der Waals surface area (Å²) in [5.74, 6) is -0.283. The van der Waals surface area contributed by atoms with Crippen LogP contribution >= 0.6 is 0 Å². The van der Waals surface area contributed by atoms with Crippen molar-refractivity contribution in [3.63, 3.8) is 0 Å². The van der Waals surface area contributed by atoms with Crippen LogP contribution in [0.25, 0.3) is 0 Å². The molecule has 0 amide bonds. The Labute approximate surface area is 105 Å². The predicted octanol–water partition coefficient (Wildman–Crippen LogP) is 1.78. The first-order chi connectivity index (χ1) is 8.73. The van der Waals surface area contributed by atoms with Crippen molar-refractivity contribution in [3.05, 3.63) is 35.9 Å². The van der Waals surface area contributed by atoms with Crippen molar-refractivity contribution < 1.29 is 19.1 Å². The van der Waals surface area contributed by atoms with Gasteiger partial charge in [-0.05, 0) is 12.0 Å². The molecule has 0 spiro atoms. The molecule has 18 heavy (non-hydrogen) atoms. The molecule has 2 atom stereocenters. The number of cyclic esters (lactones) is 1. The van der Waals surface area contributed by atoms with E-state index in [1.54, 1.807) is 0 Å². The van der Waals surface area contributed by atoms with Crippen LogP contribution in [-0.2, 0) is 24.7 Å². The number of benzene rings is 1. The van der Waals surface area contributed by atoms with Crippen molar-refractivity contribution in [3.8, 4) is 0 Å². The summed E-state index contributed by atoms with van der Waals surface area (Å²) < 4.78 is 10.6. The standard InChI is InChI=1S/C14H14O4/c15-12-7-6-11(8-12)14(13(16)17-9-18-14)10-4-2-1-3-5-10/h1-5,11H,6-9H2/t11-,14?/m1/s1. The summed E-state index contributed by atoms with van der Waals surface area (Å²) in [4.78, 5) is 23.6. The SMILES string of the molecule is O=C1CC[C@@H](C2(c3ccccc3)OCOC2=O)C1. The second kappa shape index (κ2) is 4.21. The molecule has 1 saturated heterocycles. The molecule has 4 nitrogen and oxygen atoms in total. The van der Waals surface area contributed by atoms with Crippen molar-refractivity contribution in [2.75, 3.05) is 6.79 Å². The third-order valence-electron chi connectivity index (χ3n) is 3.80. The molecule has 3 rings (SSSR count). The minimum absolute atomic E-state index is 0.0293. The highest BCUT2D eigenvalue weighted by Gasteiger charge is 2.55. The molecule has 1 saturated carbocycles. The minimum Gasteiger partial charge on any atom is -0.436 e. The molecule has 0 bridgehead atoms. The van der Waals surface area contributed by atoms with Gasteiger partial charge in [-0.25, -0.2) is 4.79 Å². The van der Waals surface area contributed by atoms with Gasteiger partial charge < -0.3 is 9.47 Å². The molecule has 1 unspecified atom stereocenters. The summed E-state index contributed by atoms with van der Waals surface area (Å²) in [5.41, 5.74) is -0.292. The van der Waals surface area contributed by atoms with Crippen LogP contribution in [0.5, 0.6) is 0 Å². The van der Waals surface area contributed by atoms with E-state index in [0.29, 0.717) is 19.3 Å². The van der Waals surface area contributed by atoms with Gasteiger partial charge in [0.15, 0.2) is 12.4 Å². The predicted molar refractivity (Wildman–Crippen MR) is 62.5 cm³/mol. The van der Waals surface area contributed by atoms with Gasteiger partial charge in [0.25, 0.3) is 0 Å². The third-order valence-corrected chi connectivity index (χ3v) is 3.80. The van der Waals surface area contributed by atoms with Crippen LogP contribution in [0.4, 0.5) is 0 Å². The molecule has 0 N–H and O–H groups in total. The van der Waals surface area contributed by atoms with E-state index in [0.717, 1.165) is 5.56 Å². The maximum Gasteiger partial charge on any atom is 0.345 e. The summed E-state index contributed by atoms with van der Waals surface area (Å²) >= 11 is 0. The van der Waals surface area contributed by atoms with Crippen LogP contribution < -0.4 is 0 Å². The topological polar surface area (TPSA) is 52.6 Å². The number of esters is 1. The zero-order chi connectivity index (χ0) is 12.6. The van der Waals surface area contributed by atoms with Crippen molar-refractivity contribution in [1.29, 1.82) is 0 Å². The molecule has 94 valence electrons. The van der Waals surface area contributed by atoms with Gasteiger partial charge in [-0.1, -0.05) is 30.3 Å². The fourth-order valence-electron chi connectivity index (χ4n) is 2.91. The van der Waals surface area contributed by atoms with E-state index in [9.17, 15) is 9.59 Å². The second-order valence-corrected chi connectivity index (χ2v) is 4.77. The maximum atomic E-state index is 12.1. The lowest BCUT2D eigenvalue weighted by Crippen LogP contribution is -2.40. The molecular weight excluding hydrogens is 232 g/mol. The Morgan fingerprint density at radius 3 is 2.50 bits per heavy atom. The summed E-state index contributed by atoms with van der Waals surface area (Å²) in [6, 6.07) is 9.33. The largest absolute Gasteiger partial charge is 0.436 e. The molecular formula is C14H14O4. The normalized spacial score (nSPS) is 31.7. The number of ketones is 1. The van der Waals surface area contributed by atoms with Crippen LogP contribution in [0.15, 0.2) is 30.3 Å². The van der Waals surface area contributed by atoms with Gasteiger partial charge in [-0.2, -0.15) is 0 Å². The van der Waals surface area contributed by atoms with Gasteiger partial charge in [-0.15, -0.1) is 0 Å². The number of hydrogen-bond donors (Lipinski definition) is 0. The van der Waals surface area contributed by atoms with E-state index in [2.05, 4.69) is 0 Å². The van der Waals surface area contributed by atoms with Crippen molar-refractivity contribution >= 4 is 11.8 Å². The molecule has 0 aromatic heterocycles. The number of rotatable bonds is 2. The smallest absolute Gasteiger partial charge is 0.345 e. The Morgan fingerprint density at radius 2 is 1.94 bits per heavy atom. The lowest BCUT2D eigenvalue weighted by Gasteiger charge is -2.29. The van der Waals surface area contributed by atoms with Gasteiger partial charge in [0.2, 0.25) is 0 Å². The van der Waals surface area contributed by atoms with Crippen LogP contribution in [0.1, 0.15) is 24.8 Å². The van der Waals surface area contributed by atoms with Crippen molar-refractivity contribution in [1.82, 2.24) is 0 Å². The maximum absolute atomic E-state index is 12.1. The minimum atomic E-state index is -1.08. The van der Waals surface area contributed by atoms with Gasteiger partial charge in [0.1, 0.15) is 5.78 Å². The highest BCUT2D eigenvalue weighted by atomic mass is 16.7. The number of ether oxygens (including phenoxy) is 2. The first-order valence-corrected chi connectivity index (χ1v) is 6.12. The van der Waals surface area contributed by atoms with E-state index < -0.39 is 5.60 Å². The highest BCUT2D eigenvalue weighted by molar-refractivity contribution is 5.87. The molecule has 1 heterocycles. The van der Waals surface area contributed by atoms with Crippen molar-refractivity contribution in [2.45, 2.75) is 24.9 Å². The van der Waals surface area contributed by atoms with E-state index in [1.807, 2.05) is 30.3 Å².